The van der Waals surface area contributed by atoms with Crippen LogP contribution in [0.1, 0.15) is 0 Å². The lowest BCUT2D eigenvalue weighted by Crippen LogP contribution is -2.59. The molecule has 60 nitrogen and oxygen atoms in total. The van der Waals surface area contributed by atoms with Crippen LogP contribution in [0.25, 0.3) is 0 Å². The molecule has 4 saturated heterocycles. The summed E-state index contributed by atoms with van der Waals surface area (Å²) >= 11 is 0. The highest BCUT2D eigenvalue weighted by molar-refractivity contribution is 5.89. The zero-order valence-electron chi connectivity index (χ0n) is 85.9. The number of carboxylic acids is 12. The Bertz CT molecular complexity index is 3610. The highest BCUT2D eigenvalue weighted by atomic mass is 16.5. The van der Waals surface area contributed by atoms with E-state index in [-0.39, 0.29) is 262 Å². The van der Waals surface area contributed by atoms with Crippen molar-refractivity contribution in [3.05, 3.63) is 0 Å². The van der Waals surface area contributed by atoms with Crippen LogP contribution < -0.4 is 21.3 Å². The second-order valence-corrected chi connectivity index (χ2v) is 37.0. The molecule has 4 rings (SSSR count). The van der Waals surface area contributed by atoms with Gasteiger partial charge in [0.05, 0.1) is 157 Å². The van der Waals surface area contributed by atoms with Gasteiger partial charge in [0.1, 0.15) is 0 Å². The SMILES string of the molecule is COCCN(CC(=O)NCC(CNC(=O)CN(CCOC)C(=O)CN1CCN(CC(=O)O)CCN(CC(=O)O)CCN(CC(=O)O)CC1)(CNC(=O)CN(CCOC)C(=O)CN1CCN(CC(=O)O)CCN(CC(=O)O)CCN(CC(=O)O)CC1)CNC(=O)CN(CCOC)C(=O)CN1CCN(CC(=O)O)CCN(CC(=O)O)CCN(CC(=O)O)CC1)C(=O)CN1CCN(CC(=O)O)CCN(CC(=O)O)CCN(CC(=O)O)CC1. The number of rotatable bonds is 60. The molecule has 848 valence electrons. The van der Waals surface area contributed by atoms with Gasteiger partial charge in [0.25, 0.3) is 0 Å². The quantitative estimate of drug-likeness (QED) is 0.0269. The number of methoxy groups -OCH3 is 4. The van der Waals surface area contributed by atoms with Gasteiger partial charge in [0, 0.05) is 296 Å². The summed E-state index contributed by atoms with van der Waals surface area (Å²) in [5.41, 5.74) is -1.98. The molecular weight excluding hydrogens is 1980 g/mol. The Kier molecular flexibility index (Phi) is 62.9. The number of nitrogens with zero attached hydrogens (tertiary/aromatic N) is 20. The Labute approximate surface area is 863 Å². The number of carboxylic acid groups (broad SMARTS) is 12. The van der Waals surface area contributed by atoms with E-state index in [2.05, 4.69) is 21.3 Å². The number of amides is 8. The van der Waals surface area contributed by atoms with Gasteiger partial charge in [-0.05, 0) is 0 Å². The molecule has 0 aromatic rings. The molecule has 0 bridgehead atoms. The van der Waals surface area contributed by atoms with Crippen LogP contribution in [0.5, 0.6) is 0 Å². The van der Waals surface area contributed by atoms with E-state index < -0.39 is 281 Å². The number of carbonyl (C=O) groups excluding carboxylic acids is 8. The molecule has 0 spiro atoms. The van der Waals surface area contributed by atoms with E-state index in [9.17, 15) is 119 Å². The molecule has 4 aliphatic rings. The lowest BCUT2D eigenvalue weighted by Gasteiger charge is -2.36. The summed E-state index contributed by atoms with van der Waals surface area (Å²) in [6, 6.07) is 0. The van der Waals surface area contributed by atoms with E-state index >= 15 is 38.4 Å². The van der Waals surface area contributed by atoms with Gasteiger partial charge in [-0.1, -0.05) is 0 Å². The molecule has 0 aromatic heterocycles. The maximum absolute atomic E-state index is 15.2. The standard InChI is InChI=1S/C89H156N24O36/c1-146-41-37-110(73(118)49-94-5-13-98(53-77(122)123)21-29-106(61-85(138)139)30-22-99(14-6-94)54-78(124)125)45-69(114)90-65-89(66-91-70(115)46-111(38-42-147-2)74(119)50-95-7-15-100(55-79(126)127)23-31-107(62-86(140)141)32-24-101(16-8-95)56-80(128)129,67-92-71(116)47-112(39-43-148-3)75(120)51-96-9-17-102(57-81(130)131)25-33-108(63-87(142)143)34-26-103(18-10-96)58-82(132)133)68-93-72(117)48-113(40-44-149-4)76(121)52-97-11-19-104(59-83(134)135)27-35-109(64-88(144)145)36-28-105(20-12-97)60-84(136)137/h5-68H2,1-4H3,(H,90,114)(H,91,115)(H,92,116)(H,93,117)(H,122,123)(H,124,125)(H,126,127)(H,128,129)(H,130,131)(H,132,133)(H,134,135)(H,136,137)(H,138,139)(H,140,141)(H,142,143)(H,144,145). The van der Waals surface area contributed by atoms with Crippen LogP contribution in [-0.4, -0.2) is 726 Å². The third-order valence-corrected chi connectivity index (χ3v) is 25.1. The zero-order chi connectivity index (χ0) is 111. The second kappa shape index (κ2) is 72.1. The van der Waals surface area contributed by atoms with Crippen molar-refractivity contribution in [2.24, 2.45) is 5.41 Å². The molecule has 4 aliphatic heterocycles. The van der Waals surface area contributed by atoms with Crippen molar-refractivity contribution in [3.63, 3.8) is 0 Å². The van der Waals surface area contributed by atoms with E-state index in [1.54, 1.807) is 19.6 Å². The summed E-state index contributed by atoms with van der Waals surface area (Å²) in [4.78, 5) is 296. The smallest absolute Gasteiger partial charge is 0.317 e. The van der Waals surface area contributed by atoms with Crippen LogP contribution >= 0.6 is 0 Å². The first kappa shape index (κ1) is 130. The molecule has 0 atom stereocenters. The topological polar surface area (TPSA) is 734 Å². The molecule has 8 amide bonds. The van der Waals surface area contributed by atoms with E-state index in [1.165, 1.54) is 87.2 Å². The molecule has 0 saturated carbocycles. The van der Waals surface area contributed by atoms with Crippen LogP contribution in [0.15, 0.2) is 0 Å². The fourth-order valence-corrected chi connectivity index (χ4v) is 16.7. The highest BCUT2D eigenvalue weighted by Crippen LogP contribution is 2.17. The molecule has 0 radical (unpaired) electrons. The van der Waals surface area contributed by atoms with Gasteiger partial charge >= 0.3 is 71.6 Å². The summed E-state index contributed by atoms with van der Waals surface area (Å²) in [5.74, 6) is -21.3. The zero-order valence-corrected chi connectivity index (χ0v) is 85.9. The number of aliphatic carboxylic acids is 12. The summed E-state index contributed by atoms with van der Waals surface area (Å²) < 4.78 is 21.7. The van der Waals surface area contributed by atoms with Crippen LogP contribution in [0.4, 0.5) is 0 Å². The minimum Gasteiger partial charge on any atom is -0.480 e. The third-order valence-electron chi connectivity index (χ3n) is 25.1. The van der Waals surface area contributed by atoms with Gasteiger partial charge < -0.3 is 121 Å². The summed E-state index contributed by atoms with van der Waals surface area (Å²) in [6.07, 6.45) is 0. The van der Waals surface area contributed by atoms with E-state index in [4.69, 9.17) is 18.9 Å². The van der Waals surface area contributed by atoms with Gasteiger partial charge in [-0.2, -0.15) is 0 Å². The largest absolute Gasteiger partial charge is 0.480 e. The number of hydrogen-bond acceptors (Lipinski definition) is 40. The van der Waals surface area contributed by atoms with Crippen molar-refractivity contribution in [2.75, 3.05) is 448 Å². The number of hydrogen-bond donors (Lipinski definition) is 16. The normalized spacial score (nSPS) is 17.8. The Morgan fingerprint density at radius 3 is 0.383 bits per heavy atom. The molecular formula is C89H156N24O36. The predicted octanol–water partition coefficient (Wildman–Crippen LogP) is -13.8. The molecule has 0 aliphatic carbocycles. The number of nitrogens with one attached hydrogen (secondary N) is 4. The van der Waals surface area contributed by atoms with Crippen molar-refractivity contribution in [2.45, 2.75) is 0 Å². The third kappa shape index (κ3) is 59.1. The molecule has 0 aromatic carbocycles. The average molecular weight is 2140 g/mol. The minimum atomic E-state index is -1.98. The Balaban J connectivity index is 1.99. The molecule has 60 heteroatoms. The summed E-state index contributed by atoms with van der Waals surface area (Å²) in [7, 11) is 5.23. The Hall–Kier alpha value is -11.4. The number of carbonyl (C=O) groups is 20. The van der Waals surface area contributed by atoms with Gasteiger partial charge in [-0.25, -0.2) is 0 Å². The molecule has 16 N–H and O–H groups in total. The Morgan fingerprint density at radius 1 is 0.188 bits per heavy atom. The predicted molar refractivity (Wildman–Crippen MR) is 523 cm³/mol. The first-order valence-corrected chi connectivity index (χ1v) is 49.1. The molecule has 4 heterocycles. The fraction of sp³-hybridized carbons (Fsp3) is 0.775. The monoisotopic (exact) mass is 2140 g/mol. The molecule has 149 heavy (non-hydrogen) atoms. The first-order chi connectivity index (χ1) is 70.7. The maximum atomic E-state index is 15.2. The van der Waals surface area contributed by atoms with E-state index in [1.807, 2.05) is 0 Å². The Morgan fingerprint density at radius 2 is 0.289 bits per heavy atom. The van der Waals surface area contributed by atoms with Crippen LogP contribution in [0.2, 0.25) is 0 Å². The summed E-state index contributed by atoms with van der Waals surface area (Å²) in [6.45, 7) is -15.6. The fourth-order valence-electron chi connectivity index (χ4n) is 16.7. The van der Waals surface area contributed by atoms with Crippen molar-refractivity contribution in [3.8, 4) is 0 Å². The van der Waals surface area contributed by atoms with Crippen molar-refractivity contribution in [1.82, 2.24) is 119 Å². The van der Waals surface area contributed by atoms with Crippen molar-refractivity contribution in [1.29, 1.82) is 0 Å². The highest BCUT2D eigenvalue weighted by Gasteiger charge is 2.38. The maximum Gasteiger partial charge on any atom is 0.317 e. The van der Waals surface area contributed by atoms with Gasteiger partial charge in [-0.3, -0.25) is 174 Å². The lowest BCUT2D eigenvalue weighted by atomic mass is 9.86. The van der Waals surface area contributed by atoms with Crippen LogP contribution in [-0.2, 0) is 115 Å². The lowest BCUT2D eigenvalue weighted by molar-refractivity contribution is -0.141. The average Bonchev–Trinajstić information content (AvgIpc) is 0.836. The van der Waals surface area contributed by atoms with E-state index in [0.717, 1.165) is 19.6 Å². The second-order valence-electron chi connectivity index (χ2n) is 37.0. The van der Waals surface area contributed by atoms with Gasteiger partial charge in [0.2, 0.25) is 47.3 Å². The first-order valence-electron chi connectivity index (χ1n) is 49.1. The molecule has 4 fully saturated rings. The number of ether oxygens (including phenoxy) is 4. The van der Waals surface area contributed by atoms with Crippen molar-refractivity contribution < 1.29 is 176 Å². The molecule has 0 unspecified atom stereocenters. The van der Waals surface area contributed by atoms with Gasteiger partial charge in [0.15, 0.2) is 0 Å². The minimum absolute atomic E-state index is 0.0163. The summed E-state index contributed by atoms with van der Waals surface area (Å²) in [5, 5.41) is 130. The van der Waals surface area contributed by atoms with Crippen LogP contribution in [0, 0.1) is 5.41 Å². The van der Waals surface area contributed by atoms with Gasteiger partial charge in [-0.15, -0.1) is 0 Å². The van der Waals surface area contributed by atoms with Crippen LogP contribution in [0.3, 0.4) is 0 Å². The van der Waals surface area contributed by atoms with Crippen molar-refractivity contribution >= 4 is 119 Å². The van der Waals surface area contributed by atoms with E-state index in [0.29, 0.717) is 0 Å².